The molecule has 0 amide bonds. The van der Waals surface area contributed by atoms with Gasteiger partial charge >= 0.3 is 5.97 Å². The molecular weight excluding hydrogens is 224 g/mol. The highest BCUT2D eigenvalue weighted by Gasteiger charge is 2.19. The van der Waals surface area contributed by atoms with Crippen molar-refractivity contribution in [1.82, 2.24) is 9.88 Å². The minimum Gasteiger partial charge on any atom is -0.466 e. The highest BCUT2D eigenvalue weighted by molar-refractivity contribution is 7.11. The van der Waals surface area contributed by atoms with Crippen LogP contribution in [0.15, 0.2) is 0 Å². The maximum absolute atomic E-state index is 11.3. The van der Waals surface area contributed by atoms with E-state index in [4.69, 9.17) is 4.74 Å². The van der Waals surface area contributed by atoms with Gasteiger partial charge < -0.3 is 9.64 Å². The zero-order chi connectivity index (χ0) is 11.5. The molecular formula is C11H16N2O2S. The summed E-state index contributed by atoms with van der Waals surface area (Å²) in [6.07, 6.45) is 1.31. The first-order valence-electron chi connectivity index (χ1n) is 5.50. The largest absolute Gasteiger partial charge is 0.466 e. The Bertz CT molecular complexity index is 389. The summed E-state index contributed by atoms with van der Waals surface area (Å²) in [4.78, 5) is 19.4. The third kappa shape index (κ3) is 2.59. The summed E-state index contributed by atoms with van der Waals surface area (Å²) in [5.74, 6) is -0.179. The molecule has 88 valence electrons. The molecule has 1 aromatic rings. The summed E-state index contributed by atoms with van der Waals surface area (Å²) < 4.78 is 4.92. The number of fused-ring (bicyclic) bond motifs is 1. The van der Waals surface area contributed by atoms with Gasteiger partial charge in [0, 0.05) is 24.4 Å². The molecule has 0 saturated carbocycles. The average Bonchev–Trinajstić information content (AvgIpc) is 2.59. The van der Waals surface area contributed by atoms with Crippen molar-refractivity contribution < 1.29 is 9.53 Å². The first-order chi connectivity index (χ1) is 7.69. The van der Waals surface area contributed by atoms with Crippen LogP contribution in [0, 0.1) is 0 Å². The number of likely N-dealkylation sites (N-methyl/N-ethyl adjacent to an activating group) is 1. The standard InChI is InChI=1S/C11H16N2O2S/c1-3-15-11(14)6-10-12-8-4-5-13(2)7-9(8)16-10/h3-7H2,1-2H3. The maximum Gasteiger partial charge on any atom is 0.312 e. The van der Waals surface area contributed by atoms with Gasteiger partial charge in [0.15, 0.2) is 0 Å². The molecule has 0 aliphatic carbocycles. The van der Waals surface area contributed by atoms with E-state index in [0.717, 1.165) is 24.5 Å². The lowest BCUT2D eigenvalue weighted by atomic mass is 10.2. The van der Waals surface area contributed by atoms with Gasteiger partial charge in [-0.05, 0) is 14.0 Å². The minimum atomic E-state index is -0.179. The fourth-order valence-electron chi connectivity index (χ4n) is 1.79. The summed E-state index contributed by atoms with van der Waals surface area (Å²) in [6.45, 7) is 4.26. The first-order valence-corrected chi connectivity index (χ1v) is 6.32. The van der Waals surface area contributed by atoms with E-state index in [1.54, 1.807) is 11.3 Å². The topological polar surface area (TPSA) is 42.4 Å². The van der Waals surface area contributed by atoms with Gasteiger partial charge in [-0.2, -0.15) is 0 Å². The second-order valence-electron chi connectivity index (χ2n) is 3.95. The van der Waals surface area contributed by atoms with Gasteiger partial charge in [0.05, 0.1) is 18.7 Å². The number of thiazole rings is 1. The van der Waals surface area contributed by atoms with E-state index in [1.165, 1.54) is 10.6 Å². The molecule has 0 saturated heterocycles. The first kappa shape index (κ1) is 11.5. The predicted octanol–water partition coefficient (Wildman–Crippen LogP) is 1.24. The van der Waals surface area contributed by atoms with E-state index < -0.39 is 0 Å². The van der Waals surface area contributed by atoms with E-state index in [-0.39, 0.29) is 5.97 Å². The van der Waals surface area contributed by atoms with Crippen LogP contribution in [0.3, 0.4) is 0 Å². The molecule has 0 aromatic carbocycles. The van der Waals surface area contributed by atoms with Crippen molar-refractivity contribution in [3.05, 3.63) is 15.6 Å². The lowest BCUT2D eigenvalue weighted by molar-refractivity contribution is -0.142. The van der Waals surface area contributed by atoms with Gasteiger partial charge in [-0.15, -0.1) is 11.3 Å². The van der Waals surface area contributed by atoms with E-state index in [1.807, 2.05) is 6.92 Å². The van der Waals surface area contributed by atoms with E-state index in [2.05, 4.69) is 16.9 Å². The Morgan fingerprint density at radius 2 is 2.44 bits per heavy atom. The molecule has 1 aliphatic rings. The van der Waals surface area contributed by atoms with E-state index >= 15 is 0 Å². The number of nitrogens with zero attached hydrogens (tertiary/aromatic N) is 2. The van der Waals surface area contributed by atoms with Gasteiger partial charge in [-0.1, -0.05) is 0 Å². The molecule has 0 atom stereocenters. The van der Waals surface area contributed by atoms with E-state index in [0.29, 0.717) is 13.0 Å². The molecule has 0 bridgehead atoms. The minimum absolute atomic E-state index is 0.179. The van der Waals surface area contributed by atoms with Crippen molar-refractivity contribution >= 4 is 17.3 Å². The SMILES string of the molecule is CCOC(=O)Cc1nc2c(s1)CN(C)CC2. The molecule has 16 heavy (non-hydrogen) atoms. The number of carbonyl (C=O) groups excluding carboxylic acids is 1. The third-order valence-electron chi connectivity index (χ3n) is 2.57. The van der Waals surface area contributed by atoms with Gasteiger partial charge in [0.1, 0.15) is 5.01 Å². The molecule has 0 spiro atoms. The van der Waals surface area contributed by atoms with Crippen LogP contribution < -0.4 is 0 Å². The second kappa shape index (κ2) is 4.93. The molecule has 0 radical (unpaired) electrons. The van der Waals surface area contributed by atoms with Crippen LogP contribution in [0.2, 0.25) is 0 Å². The van der Waals surface area contributed by atoms with Crippen LogP contribution in [0.25, 0.3) is 0 Å². The Hall–Kier alpha value is -0.940. The summed E-state index contributed by atoms with van der Waals surface area (Å²) in [6, 6.07) is 0. The summed E-state index contributed by atoms with van der Waals surface area (Å²) in [5, 5.41) is 0.888. The maximum atomic E-state index is 11.3. The number of rotatable bonds is 3. The van der Waals surface area contributed by atoms with Crippen LogP contribution in [0.5, 0.6) is 0 Å². The smallest absolute Gasteiger partial charge is 0.312 e. The highest BCUT2D eigenvalue weighted by Crippen LogP contribution is 2.24. The van der Waals surface area contributed by atoms with E-state index in [9.17, 15) is 4.79 Å². The summed E-state index contributed by atoms with van der Waals surface area (Å²) in [7, 11) is 2.10. The van der Waals surface area contributed by atoms with Crippen LogP contribution in [-0.4, -0.2) is 36.1 Å². The Morgan fingerprint density at radius 1 is 1.62 bits per heavy atom. The van der Waals surface area contributed by atoms with Crippen LogP contribution in [0.4, 0.5) is 0 Å². The molecule has 0 fully saturated rings. The van der Waals surface area contributed by atoms with Crippen molar-refractivity contribution in [2.24, 2.45) is 0 Å². The highest BCUT2D eigenvalue weighted by atomic mass is 32.1. The van der Waals surface area contributed by atoms with Gasteiger partial charge in [0.2, 0.25) is 0 Å². The number of hydrogen-bond donors (Lipinski definition) is 0. The van der Waals surface area contributed by atoms with Gasteiger partial charge in [-0.3, -0.25) is 4.79 Å². The van der Waals surface area contributed by atoms with Crippen molar-refractivity contribution in [1.29, 1.82) is 0 Å². The number of aromatic nitrogens is 1. The monoisotopic (exact) mass is 240 g/mol. The van der Waals surface area contributed by atoms with Gasteiger partial charge in [-0.25, -0.2) is 4.98 Å². The van der Waals surface area contributed by atoms with Crippen molar-refractivity contribution in [3.8, 4) is 0 Å². The molecule has 2 rings (SSSR count). The lowest BCUT2D eigenvalue weighted by Gasteiger charge is -2.20. The molecule has 5 heteroatoms. The molecule has 1 aliphatic heterocycles. The normalized spacial score (nSPS) is 15.9. The zero-order valence-corrected chi connectivity index (χ0v) is 10.5. The summed E-state index contributed by atoms with van der Waals surface area (Å²) in [5.41, 5.74) is 1.17. The van der Waals surface area contributed by atoms with Crippen molar-refractivity contribution in [2.75, 3.05) is 20.2 Å². The fourth-order valence-corrected chi connectivity index (χ4v) is 2.97. The Balaban J connectivity index is 2.04. The lowest BCUT2D eigenvalue weighted by Crippen LogP contribution is -2.25. The predicted molar refractivity (Wildman–Crippen MR) is 62.5 cm³/mol. The fraction of sp³-hybridized carbons (Fsp3) is 0.636. The van der Waals surface area contributed by atoms with Crippen LogP contribution in [-0.2, 0) is 28.9 Å². The Labute approximate surface area is 99.2 Å². The molecule has 0 unspecified atom stereocenters. The van der Waals surface area contributed by atoms with Crippen molar-refractivity contribution in [2.45, 2.75) is 26.3 Å². The number of esters is 1. The average molecular weight is 240 g/mol. The third-order valence-corrected chi connectivity index (χ3v) is 3.65. The molecule has 2 heterocycles. The number of hydrogen-bond acceptors (Lipinski definition) is 5. The van der Waals surface area contributed by atoms with Crippen LogP contribution >= 0.6 is 11.3 Å². The second-order valence-corrected chi connectivity index (χ2v) is 5.12. The molecule has 0 N–H and O–H groups in total. The number of ether oxygens (including phenoxy) is 1. The Kier molecular flexibility index (Phi) is 3.56. The molecule has 1 aromatic heterocycles. The van der Waals surface area contributed by atoms with Crippen molar-refractivity contribution in [3.63, 3.8) is 0 Å². The molecule has 4 nitrogen and oxygen atoms in total. The quantitative estimate of drug-likeness (QED) is 0.745. The van der Waals surface area contributed by atoms with Crippen LogP contribution in [0.1, 0.15) is 22.5 Å². The Morgan fingerprint density at radius 3 is 3.19 bits per heavy atom. The zero-order valence-electron chi connectivity index (χ0n) is 9.65. The van der Waals surface area contributed by atoms with Gasteiger partial charge in [0.25, 0.3) is 0 Å². The number of carbonyl (C=O) groups is 1. The summed E-state index contributed by atoms with van der Waals surface area (Å²) >= 11 is 1.64.